The number of ether oxygens (including phenoxy) is 1. The molecular formula is C25H34N6O3. The molecule has 3 saturated heterocycles. The predicted molar refractivity (Wildman–Crippen MR) is 130 cm³/mol. The number of nitrogens with zero attached hydrogens (tertiary/aromatic N) is 6. The molecule has 3 aliphatic heterocycles. The molecule has 0 aliphatic carbocycles. The van der Waals surface area contributed by atoms with Crippen LogP contribution >= 0.6 is 0 Å². The molecule has 0 saturated carbocycles. The van der Waals surface area contributed by atoms with Crippen molar-refractivity contribution >= 4 is 23.3 Å². The summed E-state index contributed by atoms with van der Waals surface area (Å²) < 4.78 is 6.83. The number of hydrogen-bond donors (Lipinski definition) is 0. The van der Waals surface area contributed by atoms with Gasteiger partial charge in [0.05, 0.1) is 31.3 Å². The quantitative estimate of drug-likeness (QED) is 0.687. The van der Waals surface area contributed by atoms with E-state index in [1.807, 2.05) is 4.90 Å². The Morgan fingerprint density at radius 3 is 2.47 bits per heavy atom. The first-order valence-corrected chi connectivity index (χ1v) is 12.1. The van der Waals surface area contributed by atoms with Gasteiger partial charge >= 0.3 is 6.03 Å². The maximum atomic E-state index is 13.0. The van der Waals surface area contributed by atoms with Crippen LogP contribution in [0, 0.1) is 18.8 Å². The molecule has 5 rings (SSSR count). The molecule has 1 aromatic carbocycles. The molecule has 2 atom stereocenters. The van der Waals surface area contributed by atoms with Crippen molar-refractivity contribution in [2.75, 3.05) is 69.3 Å². The number of benzene rings is 1. The van der Waals surface area contributed by atoms with Crippen LogP contribution in [0.3, 0.4) is 0 Å². The molecule has 2 aromatic rings. The summed E-state index contributed by atoms with van der Waals surface area (Å²) in [7, 11) is 1.68. The van der Waals surface area contributed by atoms with E-state index in [2.05, 4.69) is 40.0 Å². The van der Waals surface area contributed by atoms with Crippen LogP contribution in [0.5, 0.6) is 0 Å². The minimum atomic E-state index is -0.112. The van der Waals surface area contributed by atoms with Gasteiger partial charge in [-0.2, -0.15) is 9.78 Å². The molecule has 34 heavy (non-hydrogen) atoms. The fraction of sp³-hybridized carbons (Fsp3) is 0.560. The molecule has 0 bridgehead atoms. The second-order valence-electron chi connectivity index (χ2n) is 9.83. The molecule has 0 radical (unpaired) electrons. The van der Waals surface area contributed by atoms with Crippen LogP contribution in [0.4, 0.5) is 16.2 Å². The number of carbonyl (C=O) groups is 2. The number of rotatable bonds is 4. The molecular weight excluding hydrogens is 432 g/mol. The van der Waals surface area contributed by atoms with Gasteiger partial charge in [-0.3, -0.25) is 9.69 Å². The fourth-order valence-corrected chi connectivity index (χ4v) is 5.41. The lowest BCUT2D eigenvalue weighted by molar-refractivity contribution is -0.116. The van der Waals surface area contributed by atoms with Gasteiger partial charge in [-0.15, -0.1) is 0 Å². The highest BCUT2D eigenvalue weighted by Gasteiger charge is 2.42. The number of amides is 2. The Labute approximate surface area is 200 Å². The van der Waals surface area contributed by atoms with Crippen molar-refractivity contribution in [3.63, 3.8) is 0 Å². The maximum absolute atomic E-state index is 13.0. The third-order valence-corrected chi connectivity index (χ3v) is 7.55. The summed E-state index contributed by atoms with van der Waals surface area (Å²) in [6, 6.07) is 6.71. The molecule has 182 valence electrons. The number of aryl methyl sites for hydroxylation is 1. The zero-order valence-electron chi connectivity index (χ0n) is 20.3. The minimum absolute atomic E-state index is 0.0891. The van der Waals surface area contributed by atoms with E-state index in [0.717, 1.165) is 59.0 Å². The van der Waals surface area contributed by atoms with E-state index in [4.69, 9.17) is 4.74 Å². The van der Waals surface area contributed by atoms with Crippen LogP contribution < -0.4 is 9.80 Å². The summed E-state index contributed by atoms with van der Waals surface area (Å²) in [5.74, 6) is 0.896. The maximum Gasteiger partial charge on any atom is 0.344 e. The van der Waals surface area contributed by atoms with E-state index in [1.165, 1.54) is 33.3 Å². The van der Waals surface area contributed by atoms with E-state index < -0.39 is 0 Å². The smallest absolute Gasteiger partial charge is 0.344 e. The SMILES string of the molecule is CC(=O)N(C)c1cnn(C(=O)N2CC3CN(Cc4ccc(N5CCOCC5)cc4C)CC3C2)c1. The number of hydrogen-bond acceptors (Lipinski definition) is 6. The van der Waals surface area contributed by atoms with Gasteiger partial charge in [-0.1, -0.05) is 6.07 Å². The number of carbonyl (C=O) groups excluding carboxylic acids is 2. The van der Waals surface area contributed by atoms with E-state index in [-0.39, 0.29) is 11.9 Å². The second-order valence-corrected chi connectivity index (χ2v) is 9.83. The highest BCUT2D eigenvalue weighted by Crippen LogP contribution is 2.33. The lowest BCUT2D eigenvalue weighted by Gasteiger charge is -2.29. The Balaban J connectivity index is 1.16. The zero-order valence-corrected chi connectivity index (χ0v) is 20.3. The van der Waals surface area contributed by atoms with Gasteiger partial charge in [0.2, 0.25) is 5.91 Å². The van der Waals surface area contributed by atoms with Crippen molar-refractivity contribution < 1.29 is 14.3 Å². The average Bonchev–Trinajstić information content (AvgIpc) is 3.55. The van der Waals surface area contributed by atoms with Gasteiger partial charge in [0.25, 0.3) is 0 Å². The summed E-state index contributed by atoms with van der Waals surface area (Å²) in [5.41, 5.74) is 4.63. The summed E-state index contributed by atoms with van der Waals surface area (Å²) in [5, 5.41) is 4.19. The molecule has 9 nitrogen and oxygen atoms in total. The largest absolute Gasteiger partial charge is 0.378 e. The topological polar surface area (TPSA) is 74.2 Å². The van der Waals surface area contributed by atoms with E-state index in [0.29, 0.717) is 17.5 Å². The van der Waals surface area contributed by atoms with Gasteiger partial charge in [-0.05, 0) is 42.0 Å². The Morgan fingerprint density at radius 2 is 1.82 bits per heavy atom. The molecule has 3 fully saturated rings. The molecule has 0 spiro atoms. The summed E-state index contributed by atoms with van der Waals surface area (Å²) in [6.07, 6.45) is 3.19. The molecule has 2 unspecified atom stereocenters. The van der Waals surface area contributed by atoms with Gasteiger partial charge in [-0.25, -0.2) is 4.79 Å². The Morgan fingerprint density at radius 1 is 1.12 bits per heavy atom. The molecule has 1 aromatic heterocycles. The predicted octanol–water partition coefficient (Wildman–Crippen LogP) is 2.04. The summed E-state index contributed by atoms with van der Waals surface area (Å²) in [6.45, 7) is 11.7. The van der Waals surface area contributed by atoms with Crippen LogP contribution in [-0.2, 0) is 16.1 Å². The number of likely N-dealkylation sites (tertiary alicyclic amines) is 2. The molecule has 0 N–H and O–H groups in total. The standard InChI is InChI=1S/C25H34N6O3/c1-18-10-23(29-6-8-34-9-7-29)5-4-20(18)12-28-13-21-15-30(16-22(21)14-28)25(33)31-17-24(11-26-31)27(3)19(2)32/h4-5,10-11,17,21-22H,6-9,12-16H2,1-3H3. The highest BCUT2D eigenvalue weighted by molar-refractivity contribution is 5.91. The lowest BCUT2D eigenvalue weighted by atomic mass is 10.0. The number of anilines is 2. The minimum Gasteiger partial charge on any atom is -0.378 e. The Bertz CT molecular complexity index is 1050. The number of fused-ring (bicyclic) bond motifs is 1. The highest BCUT2D eigenvalue weighted by atomic mass is 16.5. The van der Waals surface area contributed by atoms with Crippen molar-refractivity contribution in [1.29, 1.82) is 0 Å². The first kappa shape index (κ1) is 22.9. The van der Waals surface area contributed by atoms with Gasteiger partial charge in [0.15, 0.2) is 0 Å². The third kappa shape index (κ3) is 4.54. The van der Waals surface area contributed by atoms with Gasteiger partial charge in [0.1, 0.15) is 0 Å². The molecule has 3 aliphatic rings. The Hall–Kier alpha value is -2.91. The normalized spacial score (nSPS) is 22.8. The Kier molecular flexibility index (Phi) is 6.31. The van der Waals surface area contributed by atoms with Crippen molar-refractivity contribution in [2.45, 2.75) is 20.4 Å². The van der Waals surface area contributed by atoms with Crippen LogP contribution in [-0.4, -0.2) is 91.0 Å². The van der Waals surface area contributed by atoms with Crippen molar-refractivity contribution in [3.05, 3.63) is 41.7 Å². The van der Waals surface area contributed by atoms with Crippen LogP contribution in [0.2, 0.25) is 0 Å². The van der Waals surface area contributed by atoms with Crippen molar-refractivity contribution in [1.82, 2.24) is 19.6 Å². The lowest BCUT2D eigenvalue weighted by Crippen LogP contribution is -2.36. The second kappa shape index (κ2) is 9.38. The van der Waals surface area contributed by atoms with E-state index in [9.17, 15) is 9.59 Å². The van der Waals surface area contributed by atoms with E-state index in [1.54, 1.807) is 19.4 Å². The van der Waals surface area contributed by atoms with E-state index >= 15 is 0 Å². The van der Waals surface area contributed by atoms with Crippen molar-refractivity contribution in [2.24, 2.45) is 11.8 Å². The molecule has 4 heterocycles. The zero-order chi connectivity index (χ0) is 23.8. The van der Waals surface area contributed by atoms with Crippen LogP contribution in [0.25, 0.3) is 0 Å². The first-order chi connectivity index (χ1) is 16.4. The van der Waals surface area contributed by atoms with Gasteiger partial charge < -0.3 is 19.4 Å². The van der Waals surface area contributed by atoms with Crippen LogP contribution in [0.15, 0.2) is 30.6 Å². The monoisotopic (exact) mass is 466 g/mol. The van der Waals surface area contributed by atoms with Gasteiger partial charge in [0, 0.05) is 65.5 Å². The summed E-state index contributed by atoms with van der Waals surface area (Å²) >= 11 is 0. The average molecular weight is 467 g/mol. The molecule has 9 heteroatoms. The number of morpholine rings is 1. The third-order valence-electron chi connectivity index (χ3n) is 7.55. The number of aromatic nitrogens is 2. The van der Waals surface area contributed by atoms with Crippen LogP contribution in [0.1, 0.15) is 18.1 Å². The summed E-state index contributed by atoms with van der Waals surface area (Å²) in [4.78, 5) is 32.8. The fourth-order valence-electron chi connectivity index (χ4n) is 5.41. The van der Waals surface area contributed by atoms with Crippen molar-refractivity contribution in [3.8, 4) is 0 Å². The molecule has 2 amide bonds. The first-order valence-electron chi connectivity index (χ1n) is 12.1.